The largest absolute Gasteiger partial charge is 0.378 e. The van der Waals surface area contributed by atoms with Crippen LogP contribution in [0.2, 0.25) is 0 Å². The summed E-state index contributed by atoms with van der Waals surface area (Å²) in [6.45, 7) is 7.09. The Kier molecular flexibility index (Phi) is 5.26. The Morgan fingerprint density at radius 2 is 1.89 bits per heavy atom. The van der Waals surface area contributed by atoms with Crippen LogP contribution in [0.5, 0.6) is 0 Å². The summed E-state index contributed by atoms with van der Waals surface area (Å²) in [4.78, 5) is 19.2. The van der Waals surface area contributed by atoms with Crippen molar-refractivity contribution in [3.05, 3.63) is 65.4 Å². The minimum absolute atomic E-state index is 0.127. The minimum Gasteiger partial charge on any atom is -0.378 e. The number of aliphatic imine (C=N–C) groups is 1. The maximum absolute atomic E-state index is 12.7. The molecule has 1 aromatic heterocycles. The van der Waals surface area contributed by atoms with Crippen LogP contribution in [0.1, 0.15) is 16.7 Å². The molecule has 5 nitrogen and oxygen atoms in total. The number of morpholine rings is 1. The lowest BCUT2D eigenvalue weighted by molar-refractivity contribution is -0.135. The summed E-state index contributed by atoms with van der Waals surface area (Å²) in [6.07, 6.45) is 3.91. The Hall–Kier alpha value is -2.92. The molecule has 0 atom stereocenters. The lowest BCUT2D eigenvalue weighted by atomic mass is 10.1. The second kappa shape index (κ2) is 7.98. The summed E-state index contributed by atoms with van der Waals surface area (Å²) in [5, 5.41) is 1.10. The highest BCUT2D eigenvalue weighted by molar-refractivity contribution is 6.00. The first-order valence-electron chi connectivity index (χ1n) is 9.66. The number of carbonyl (C=O) groups is 1. The minimum atomic E-state index is 0.127. The number of aromatic nitrogens is 1. The maximum Gasteiger partial charge on any atom is 0.242 e. The Morgan fingerprint density at radius 1 is 1.11 bits per heavy atom. The number of nitrogens with zero attached hydrogens (tertiary/aromatic N) is 3. The van der Waals surface area contributed by atoms with Crippen molar-refractivity contribution in [2.24, 2.45) is 4.99 Å². The zero-order chi connectivity index (χ0) is 19.5. The van der Waals surface area contributed by atoms with Crippen molar-refractivity contribution in [1.82, 2.24) is 9.47 Å². The van der Waals surface area contributed by atoms with E-state index in [2.05, 4.69) is 43.1 Å². The molecule has 0 unspecified atom stereocenters. The molecule has 1 aliphatic rings. The van der Waals surface area contributed by atoms with Crippen molar-refractivity contribution in [1.29, 1.82) is 0 Å². The summed E-state index contributed by atoms with van der Waals surface area (Å²) < 4.78 is 7.37. The zero-order valence-electron chi connectivity index (χ0n) is 16.4. The van der Waals surface area contributed by atoms with E-state index in [1.807, 2.05) is 40.1 Å². The second-order valence-corrected chi connectivity index (χ2v) is 7.25. The molecule has 3 aromatic rings. The predicted molar refractivity (Wildman–Crippen MR) is 113 cm³/mol. The first kappa shape index (κ1) is 18.4. The van der Waals surface area contributed by atoms with Gasteiger partial charge < -0.3 is 14.2 Å². The molecule has 1 amide bonds. The van der Waals surface area contributed by atoms with E-state index in [-0.39, 0.29) is 5.91 Å². The molecule has 1 fully saturated rings. The van der Waals surface area contributed by atoms with Crippen LogP contribution in [0.3, 0.4) is 0 Å². The van der Waals surface area contributed by atoms with Crippen LogP contribution in [0.15, 0.2) is 53.7 Å². The number of hydrogen-bond donors (Lipinski definition) is 0. The smallest absolute Gasteiger partial charge is 0.242 e. The maximum atomic E-state index is 12.7. The van der Waals surface area contributed by atoms with Crippen molar-refractivity contribution in [3.8, 4) is 0 Å². The molecular weight excluding hydrogens is 350 g/mol. The fourth-order valence-electron chi connectivity index (χ4n) is 3.52. The van der Waals surface area contributed by atoms with Crippen LogP contribution in [0.25, 0.3) is 10.9 Å². The molecule has 1 aliphatic heterocycles. The molecule has 0 aliphatic carbocycles. The van der Waals surface area contributed by atoms with E-state index in [0.717, 1.165) is 22.2 Å². The topological polar surface area (TPSA) is 46.8 Å². The Balaban J connectivity index is 1.61. The van der Waals surface area contributed by atoms with Gasteiger partial charge in [-0.1, -0.05) is 24.3 Å². The van der Waals surface area contributed by atoms with Gasteiger partial charge in [-0.3, -0.25) is 9.79 Å². The van der Waals surface area contributed by atoms with Crippen LogP contribution in [-0.4, -0.2) is 47.9 Å². The first-order chi connectivity index (χ1) is 13.6. The number of ether oxygens (including phenoxy) is 1. The van der Waals surface area contributed by atoms with Gasteiger partial charge >= 0.3 is 0 Å². The van der Waals surface area contributed by atoms with Gasteiger partial charge in [0.25, 0.3) is 0 Å². The van der Waals surface area contributed by atoms with Crippen LogP contribution < -0.4 is 0 Å². The van der Waals surface area contributed by atoms with Crippen LogP contribution >= 0.6 is 0 Å². The number of rotatable bonds is 4. The summed E-state index contributed by atoms with van der Waals surface area (Å²) in [5.41, 5.74) is 5.49. The molecule has 0 spiro atoms. The monoisotopic (exact) mass is 375 g/mol. The van der Waals surface area contributed by atoms with Crippen LogP contribution in [-0.2, 0) is 16.1 Å². The second-order valence-electron chi connectivity index (χ2n) is 7.25. The first-order valence-corrected chi connectivity index (χ1v) is 9.66. The molecule has 2 aromatic carbocycles. The van der Waals surface area contributed by atoms with Crippen molar-refractivity contribution < 1.29 is 9.53 Å². The lowest BCUT2D eigenvalue weighted by Crippen LogP contribution is -2.42. The summed E-state index contributed by atoms with van der Waals surface area (Å²) >= 11 is 0. The standard InChI is InChI=1S/C23H25N3O2/c1-17-7-8-20(13-18(17)2)24-14-19-15-26(22-6-4-3-5-21(19)22)16-23(27)25-9-11-28-12-10-25/h3-8,13-15H,9-12,16H2,1-2H3. The Labute approximate surface area is 165 Å². The highest BCUT2D eigenvalue weighted by Crippen LogP contribution is 2.22. The SMILES string of the molecule is Cc1ccc(N=Cc2cn(CC(=O)N3CCOCC3)c3ccccc23)cc1C. The number of fused-ring (bicyclic) bond motifs is 1. The van der Waals surface area contributed by atoms with Gasteiger partial charge in [-0.05, 0) is 43.2 Å². The highest BCUT2D eigenvalue weighted by Gasteiger charge is 2.18. The van der Waals surface area contributed by atoms with Crippen LogP contribution in [0, 0.1) is 13.8 Å². The molecule has 1 saturated heterocycles. The van der Waals surface area contributed by atoms with Gasteiger partial charge in [0.05, 0.1) is 18.9 Å². The number of aryl methyl sites for hydroxylation is 2. The van der Waals surface area contributed by atoms with Gasteiger partial charge in [-0.15, -0.1) is 0 Å². The third-order valence-corrected chi connectivity index (χ3v) is 5.33. The zero-order valence-corrected chi connectivity index (χ0v) is 16.4. The summed E-state index contributed by atoms with van der Waals surface area (Å²) in [7, 11) is 0. The van der Waals surface area contributed by atoms with Gasteiger partial charge in [0.15, 0.2) is 0 Å². The third kappa shape index (κ3) is 3.85. The molecule has 2 heterocycles. The van der Waals surface area contributed by atoms with E-state index in [1.165, 1.54) is 11.1 Å². The van der Waals surface area contributed by atoms with E-state index < -0.39 is 0 Å². The normalized spacial score (nSPS) is 14.9. The fourth-order valence-corrected chi connectivity index (χ4v) is 3.52. The molecule has 5 heteroatoms. The number of carbonyl (C=O) groups excluding carboxylic acids is 1. The van der Waals surface area contributed by atoms with E-state index in [9.17, 15) is 4.79 Å². The molecule has 0 bridgehead atoms. The number of benzene rings is 2. The molecular formula is C23H25N3O2. The predicted octanol–water partition coefficient (Wildman–Crippen LogP) is 3.87. The van der Waals surface area contributed by atoms with Crippen molar-refractivity contribution in [3.63, 3.8) is 0 Å². The van der Waals surface area contributed by atoms with E-state index in [0.29, 0.717) is 32.8 Å². The molecule has 0 N–H and O–H groups in total. The Bertz CT molecular complexity index is 1030. The number of amides is 1. The Morgan fingerprint density at radius 3 is 2.68 bits per heavy atom. The quantitative estimate of drug-likeness (QED) is 0.650. The van der Waals surface area contributed by atoms with Crippen molar-refractivity contribution in [2.75, 3.05) is 26.3 Å². The van der Waals surface area contributed by atoms with Gasteiger partial charge in [-0.2, -0.15) is 0 Å². The average Bonchev–Trinajstić information content (AvgIpc) is 3.07. The molecule has 144 valence electrons. The summed E-state index contributed by atoms with van der Waals surface area (Å²) in [6, 6.07) is 14.4. The number of hydrogen-bond acceptors (Lipinski definition) is 3. The molecule has 4 rings (SSSR count). The van der Waals surface area contributed by atoms with E-state index in [4.69, 9.17) is 4.74 Å². The van der Waals surface area contributed by atoms with Gasteiger partial charge in [0.1, 0.15) is 6.54 Å². The third-order valence-electron chi connectivity index (χ3n) is 5.33. The fraction of sp³-hybridized carbons (Fsp3) is 0.304. The van der Waals surface area contributed by atoms with E-state index >= 15 is 0 Å². The van der Waals surface area contributed by atoms with Crippen molar-refractivity contribution in [2.45, 2.75) is 20.4 Å². The van der Waals surface area contributed by atoms with Gasteiger partial charge in [0.2, 0.25) is 5.91 Å². The van der Waals surface area contributed by atoms with Gasteiger partial charge in [0, 0.05) is 42.0 Å². The molecule has 28 heavy (non-hydrogen) atoms. The van der Waals surface area contributed by atoms with Gasteiger partial charge in [-0.25, -0.2) is 0 Å². The average molecular weight is 375 g/mol. The van der Waals surface area contributed by atoms with Crippen molar-refractivity contribution >= 4 is 28.7 Å². The lowest BCUT2D eigenvalue weighted by Gasteiger charge is -2.27. The summed E-state index contributed by atoms with van der Waals surface area (Å²) in [5.74, 6) is 0.127. The molecule has 0 radical (unpaired) electrons. The number of para-hydroxylation sites is 1. The molecule has 0 saturated carbocycles. The van der Waals surface area contributed by atoms with Crippen LogP contribution in [0.4, 0.5) is 5.69 Å². The van der Waals surface area contributed by atoms with E-state index in [1.54, 1.807) is 0 Å². The highest BCUT2D eigenvalue weighted by atomic mass is 16.5.